The SMILES string of the molecule is COc1cc(CNC(=O)Nc2ccccc2Cl)ccc1O. The molecule has 0 radical (unpaired) electrons. The molecule has 2 rings (SSSR count). The fraction of sp³-hybridized carbons (Fsp3) is 0.133. The minimum absolute atomic E-state index is 0.0572. The summed E-state index contributed by atoms with van der Waals surface area (Å²) in [6.07, 6.45) is 0. The van der Waals surface area contributed by atoms with Gasteiger partial charge in [0.15, 0.2) is 11.5 Å². The number of aromatic hydroxyl groups is 1. The highest BCUT2D eigenvalue weighted by molar-refractivity contribution is 6.33. The van der Waals surface area contributed by atoms with Crippen molar-refractivity contribution in [2.45, 2.75) is 6.54 Å². The Kier molecular flexibility index (Phi) is 4.90. The van der Waals surface area contributed by atoms with Crippen molar-refractivity contribution in [1.82, 2.24) is 5.32 Å². The summed E-state index contributed by atoms with van der Waals surface area (Å²) in [4.78, 5) is 11.8. The van der Waals surface area contributed by atoms with E-state index < -0.39 is 0 Å². The van der Waals surface area contributed by atoms with Gasteiger partial charge in [-0.1, -0.05) is 29.8 Å². The van der Waals surface area contributed by atoms with Gasteiger partial charge in [-0.15, -0.1) is 0 Å². The van der Waals surface area contributed by atoms with E-state index in [9.17, 15) is 9.90 Å². The third kappa shape index (κ3) is 4.03. The Morgan fingerprint density at radius 3 is 2.76 bits per heavy atom. The van der Waals surface area contributed by atoms with E-state index in [0.29, 0.717) is 23.0 Å². The van der Waals surface area contributed by atoms with Gasteiger partial charge in [-0.2, -0.15) is 0 Å². The Bertz CT molecular complexity index is 647. The number of hydrogen-bond donors (Lipinski definition) is 3. The number of amides is 2. The summed E-state index contributed by atoms with van der Waals surface area (Å²) in [6, 6.07) is 11.5. The number of carbonyl (C=O) groups excluding carboxylic acids is 1. The highest BCUT2D eigenvalue weighted by Crippen LogP contribution is 2.26. The van der Waals surface area contributed by atoms with Crippen molar-refractivity contribution in [3.8, 4) is 11.5 Å². The summed E-state index contributed by atoms with van der Waals surface area (Å²) in [5.41, 5.74) is 1.35. The maximum absolute atomic E-state index is 11.8. The van der Waals surface area contributed by atoms with E-state index in [-0.39, 0.29) is 11.8 Å². The fourth-order valence-electron chi connectivity index (χ4n) is 1.74. The second kappa shape index (κ2) is 6.85. The van der Waals surface area contributed by atoms with Crippen LogP contribution < -0.4 is 15.4 Å². The van der Waals surface area contributed by atoms with Crippen molar-refractivity contribution in [2.24, 2.45) is 0 Å². The van der Waals surface area contributed by atoms with Crippen molar-refractivity contribution in [3.63, 3.8) is 0 Å². The van der Waals surface area contributed by atoms with Gasteiger partial charge in [0.05, 0.1) is 17.8 Å². The molecule has 0 aliphatic carbocycles. The van der Waals surface area contributed by atoms with Gasteiger partial charge < -0.3 is 20.5 Å². The molecular weight excluding hydrogens is 292 g/mol. The molecule has 0 heterocycles. The van der Waals surface area contributed by atoms with Crippen LogP contribution in [-0.2, 0) is 6.54 Å². The number of methoxy groups -OCH3 is 1. The molecule has 0 fully saturated rings. The first-order valence-corrected chi connectivity index (χ1v) is 6.63. The highest BCUT2D eigenvalue weighted by atomic mass is 35.5. The van der Waals surface area contributed by atoms with E-state index in [2.05, 4.69) is 10.6 Å². The maximum atomic E-state index is 11.8. The zero-order valence-electron chi connectivity index (χ0n) is 11.4. The Balaban J connectivity index is 1.94. The normalized spacial score (nSPS) is 10.0. The largest absolute Gasteiger partial charge is 0.504 e. The van der Waals surface area contributed by atoms with Crippen LogP contribution >= 0.6 is 11.6 Å². The minimum Gasteiger partial charge on any atom is -0.504 e. The van der Waals surface area contributed by atoms with Gasteiger partial charge in [0.2, 0.25) is 0 Å². The zero-order valence-corrected chi connectivity index (χ0v) is 12.1. The van der Waals surface area contributed by atoms with Gasteiger partial charge in [0.1, 0.15) is 0 Å². The standard InChI is InChI=1S/C15H15ClN2O3/c1-21-14-8-10(6-7-13(14)19)9-17-15(20)18-12-5-3-2-4-11(12)16/h2-8,19H,9H2,1H3,(H2,17,18,20). The van der Waals surface area contributed by atoms with Gasteiger partial charge in [-0.05, 0) is 29.8 Å². The minimum atomic E-state index is -0.366. The van der Waals surface area contributed by atoms with Crippen molar-refractivity contribution in [3.05, 3.63) is 53.1 Å². The molecular formula is C15H15ClN2O3. The zero-order chi connectivity index (χ0) is 15.2. The second-order valence-corrected chi connectivity index (χ2v) is 4.70. The number of carbonyl (C=O) groups is 1. The molecule has 6 heteroatoms. The first-order valence-electron chi connectivity index (χ1n) is 6.25. The molecule has 2 aromatic carbocycles. The topological polar surface area (TPSA) is 70.6 Å². The summed E-state index contributed by atoms with van der Waals surface area (Å²) >= 11 is 5.96. The predicted octanol–water partition coefficient (Wildman–Crippen LogP) is 3.38. The first kappa shape index (κ1) is 15.0. The van der Waals surface area contributed by atoms with E-state index in [1.54, 1.807) is 36.4 Å². The van der Waals surface area contributed by atoms with Gasteiger partial charge in [0.25, 0.3) is 0 Å². The van der Waals surface area contributed by atoms with Crippen molar-refractivity contribution in [2.75, 3.05) is 12.4 Å². The van der Waals surface area contributed by atoms with E-state index in [4.69, 9.17) is 16.3 Å². The number of benzene rings is 2. The monoisotopic (exact) mass is 306 g/mol. The fourth-order valence-corrected chi connectivity index (χ4v) is 1.93. The number of anilines is 1. The summed E-state index contributed by atoms with van der Waals surface area (Å²) in [6.45, 7) is 0.299. The Labute approximate surface area is 127 Å². The number of hydrogen-bond acceptors (Lipinski definition) is 3. The predicted molar refractivity (Wildman–Crippen MR) is 82.0 cm³/mol. The molecule has 0 aliphatic heterocycles. The van der Waals surface area contributed by atoms with Crippen LogP contribution in [0.15, 0.2) is 42.5 Å². The van der Waals surface area contributed by atoms with Gasteiger partial charge in [0, 0.05) is 6.54 Å². The van der Waals surface area contributed by atoms with Crippen LogP contribution in [0.25, 0.3) is 0 Å². The number of urea groups is 1. The van der Waals surface area contributed by atoms with Crippen LogP contribution in [0.2, 0.25) is 5.02 Å². The van der Waals surface area contributed by atoms with Crippen LogP contribution in [0.3, 0.4) is 0 Å². The molecule has 0 aromatic heterocycles. The molecule has 0 saturated heterocycles. The average molecular weight is 307 g/mol. The van der Waals surface area contributed by atoms with E-state index in [1.807, 2.05) is 0 Å². The molecule has 2 amide bonds. The number of ether oxygens (including phenoxy) is 1. The number of phenolic OH excluding ortho intramolecular Hbond substituents is 1. The lowest BCUT2D eigenvalue weighted by atomic mass is 10.2. The number of phenols is 1. The smallest absolute Gasteiger partial charge is 0.319 e. The molecule has 5 nitrogen and oxygen atoms in total. The lowest BCUT2D eigenvalue weighted by Crippen LogP contribution is -2.28. The first-order chi connectivity index (χ1) is 10.1. The Hall–Kier alpha value is -2.40. The van der Waals surface area contributed by atoms with Crippen molar-refractivity contribution >= 4 is 23.3 Å². The van der Waals surface area contributed by atoms with Crippen LogP contribution in [0, 0.1) is 0 Å². The Morgan fingerprint density at radius 2 is 2.05 bits per heavy atom. The van der Waals surface area contributed by atoms with Crippen LogP contribution in [0.5, 0.6) is 11.5 Å². The lowest BCUT2D eigenvalue weighted by molar-refractivity contribution is 0.251. The van der Waals surface area contributed by atoms with E-state index in [0.717, 1.165) is 5.56 Å². The quantitative estimate of drug-likeness (QED) is 0.811. The number of nitrogens with one attached hydrogen (secondary N) is 2. The number of para-hydroxylation sites is 1. The molecule has 2 aromatic rings. The molecule has 0 spiro atoms. The molecule has 0 saturated carbocycles. The lowest BCUT2D eigenvalue weighted by Gasteiger charge is -2.10. The van der Waals surface area contributed by atoms with E-state index >= 15 is 0 Å². The van der Waals surface area contributed by atoms with Gasteiger partial charge >= 0.3 is 6.03 Å². The molecule has 21 heavy (non-hydrogen) atoms. The van der Waals surface area contributed by atoms with Crippen LogP contribution in [0.4, 0.5) is 10.5 Å². The highest BCUT2D eigenvalue weighted by Gasteiger charge is 2.06. The second-order valence-electron chi connectivity index (χ2n) is 4.29. The summed E-state index contributed by atoms with van der Waals surface area (Å²) in [5.74, 6) is 0.419. The van der Waals surface area contributed by atoms with Crippen LogP contribution in [0.1, 0.15) is 5.56 Å². The average Bonchev–Trinajstić information content (AvgIpc) is 2.49. The van der Waals surface area contributed by atoms with Gasteiger partial charge in [-0.3, -0.25) is 0 Å². The molecule has 0 atom stereocenters. The molecule has 0 unspecified atom stereocenters. The van der Waals surface area contributed by atoms with Crippen molar-refractivity contribution < 1.29 is 14.6 Å². The summed E-state index contributed by atoms with van der Waals surface area (Å²) < 4.78 is 5.01. The molecule has 3 N–H and O–H groups in total. The number of rotatable bonds is 4. The maximum Gasteiger partial charge on any atom is 0.319 e. The van der Waals surface area contributed by atoms with E-state index in [1.165, 1.54) is 13.2 Å². The summed E-state index contributed by atoms with van der Waals surface area (Å²) in [5, 5.41) is 15.3. The summed E-state index contributed by atoms with van der Waals surface area (Å²) in [7, 11) is 1.47. The van der Waals surface area contributed by atoms with Crippen LogP contribution in [-0.4, -0.2) is 18.2 Å². The van der Waals surface area contributed by atoms with Crippen molar-refractivity contribution in [1.29, 1.82) is 0 Å². The molecule has 0 bridgehead atoms. The van der Waals surface area contributed by atoms with Gasteiger partial charge in [-0.25, -0.2) is 4.79 Å². The number of halogens is 1. The Morgan fingerprint density at radius 1 is 1.29 bits per heavy atom. The third-order valence-corrected chi connectivity index (χ3v) is 3.15. The third-order valence-electron chi connectivity index (χ3n) is 2.82. The molecule has 0 aliphatic rings. The molecule has 110 valence electrons.